The maximum atomic E-state index is 12.7. The Morgan fingerprint density at radius 2 is 1.85 bits per heavy atom. The van der Waals surface area contributed by atoms with E-state index >= 15 is 0 Å². The van der Waals surface area contributed by atoms with Crippen LogP contribution in [0.15, 0.2) is 60.7 Å². The van der Waals surface area contributed by atoms with Gasteiger partial charge in [0.15, 0.2) is 11.5 Å². The second-order valence-electron chi connectivity index (χ2n) is 5.60. The fourth-order valence-corrected chi connectivity index (χ4v) is 2.79. The van der Waals surface area contributed by atoms with E-state index in [9.17, 15) is 4.79 Å². The van der Waals surface area contributed by atoms with Crippen molar-refractivity contribution in [1.29, 1.82) is 0 Å². The van der Waals surface area contributed by atoms with Crippen molar-refractivity contribution >= 4 is 27.7 Å². The number of allylic oxidation sites excluding steroid dienone is 1. The molecule has 2 aromatic rings. The van der Waals surface area contributed by atoms with Crippen LogP contribution < -0.4 is 14.4 Å². The molecular weight excluding hydrogens is 398 g/mol. The molecule has 0 radical (unpaired) electrons. The molecule has 0 N–H and O–H groups in total. The molecule has 6 heteroatoms. The highest BCUT2D eigenvalue weighted by molar-refractivity contribution is 9.09. The van der Waals surface area contributed by atoms with Crippen LogP contribution in [0.25, 0.3) is 0 Å². The fraction of sp³-hybridized carbons (Fsp3) is 0.250. The number of carbonyl (C=O) groups is 1. The molecule has 0 atom stereocenters. The van der Waals surface area contributed by atoms with E-state index < -0.39 is 6.09 Å². The van der Waals surface area contributed by atoms with Gasteiger partial charge in [-0.15, -0.1) is 0 Å². The van der Waals surface area contributed by atoms with Crippen LogP contribution in [0.2, 0.25) is 0 Å². The van der Waals surface area contributed by atoms with Crippen LogP contribution in [-0.4, -0.2) is 31.2 Å². The van der Waals surface area contributed by atoms with Gasteiger partial charge in [0.2, 0.25) is 0 Å². The number of anilines is 1. The molecule has 1 aliphatic rings. The van der Waals surface area contributed by atoms with Crippen molar-refractivity contribution in [3.05, 3.63) is 66.2 Å². The summed E-state index contributed by atoms with van der Waals surface area (Å²) in [5.74, 6) is 1.33. The van der Waals surface area contributed by atoms with E-state index in [1.165, 1.54) is 0 Å². The van der Waals surface area contributed by atoms with Gasteiger partial charge in [-0.05, 0) is 17.7 Å². The van der Waals surface area contributed by atoms with E-state index in [1.807, 2.05) is 54.6 Å². The van der Waals surface area contributed by atoms with E-state index in [-0.39, 0.29) is 6.61 Å². The summed E-state index contributed by atoms with van der Waals surface area (Å²) in [7, 11) is 0. The predicted octanol–water partition coefficient (Wildman–Crippen LogP) is 4.55. The van der Waals surface area contributed by atoms with Gasteiger partial charge < -0.3 is 14.2 Å². The highest BCUT2D eigenvalue weighted by Crippen LogP contribution is 2.34. The van der Waals surface area contributed by atoms with Gasteiger partial charge in [0.25, 0.3) is 0 Å². The normalized spacial score (nSPS) is 12.8. The van der Waals surface area contributed by atoms with Crippen LogP contribution in [0.4, 0.5) is 10.5 Å². The predicted molar refractivity (Wildman–Crippen MR) is 104 cm³/mol. The molecule has 0 fully saturated rings. The number of carbonyl (C=O) groups excluding carboxylic acids is 1. The van der Waals surface area contributed by atoms with Crippen molar-refractivity contribution in [3.63, 3.8) is 0 Å². The van der Waals surface area contributed by atoms with E-state index in [0.717, 1.165) is 10.9 Å². The van der Waals surface area contributed by atoms with Gasteiger partial charge >= 0.3 is 6.09 Å². The third kappa shape index (κ3) is 4.79. The SMILES string of the molecule is O=C(OCc1ccccc1)N(C/C=C/CBr)c1ccc2c(c1)OCCO2. The first-order valence-corrected chi connectivity index (χ1v) is 9.49. The first kappa shape index (κ1) is 18.3. The van der Waals surface area contributed by atoms with Gasteiger partial charge in [-0.1, -0.05) is 58.4 Å². The summed E-state index contributed by atoms with van der Waals surface area (Å²) in [5, 5.41) is 0.723. The number of hydrogen-bond donors (Lipinski definition) is 0. The number of nitrogens with zero attached hydrogens (tertiary/aromatic N) is 1. The number of amides is 1. The zero-order chi connectivity index (χ0) is 18.2. The molecule has 0 bridgehead atoms. The van der Waals surface area contributed by atoms with Gasteiger partial charge in [-0.2, -0.15) is 0 Å². The Bertz CT molecular complexity index is 764. The first-order chi connectivity index (χ1) is 12.8. The molecule has 26 heavy (non-hydrogen) atoms. The Labute approximate surface area is 161 Å². The lowest BCUT2D eigenvalue weighted by atomic mass is 10.2. The zero-order valence-electron chi connectivity index (χ0n) is 14.3. The third-order valence-electron chi connectivity index (χ3n) is 3.81. The Balaban J connectivity index is 1.75. The van der Waals surface area contributed by atoms with E-state index in [0.29, 0.717) is 36.9 Å². The largest absolute Gasteiger partial charge is 0.486 e. The van der Waals surface area contributed by atoms with Gasteiger partial charge in [0.05, 0.1) is 5.69 Å². The Hall–Kier alpha value is -2.47. The van der Waals surface area contributed by atoms with Crippen LogP contribution in [-0.2, 0) is 11.3 Å². The van der Waals surface area contributed by atoms with Gasteiger partial charge in [0, 0.05) is 17.9 Å². The van der Waals surface area contributed by atoms with Crippen molar-refractivity contribution in [1.82, 2.24) is 0 Å². The number of ether oxygens (including phenoxy) is 3. The van der Waals surface area contributed by atoms with Crippen molar-refractivity contribution in [2.24, 2.45) is 0 Å². The molecule has 0 saturated carbocycles. The molecule has 1 aliphatic heterocycles. The van der Waals surface area contributed by atoms with Gasteiger partial charge in [0.1, 0.15) is 19.8 Å². The number of hydrogen-bond acceptors (Lipinski definition) is 4. The summed E-state index contributed by atoms with van der Waals surface area (Å²) in [6, 6.07) is 15.1. The standard InChI is InChI=1S/C20H20BrNO4/c21-10-4-5-11-22(20(23)26-15-16-6-2-1-3-7-16)17-8-9-18-19(14-17)25-13-12-24-18/h1-9,14H,10-13,15H2/b5-4+. The fourth-order valence-electron chi connectivity index (χ4n) is 2.53. The molecule has 0 aliphatic carbocycles. The lowest BCUT2D eigenvalue weighted by Crippen LogP contribution is -2.31. The third-order valence-corrected chi connectivity index (χ3v) is 4.18. The first-order valence-electron chi connectivity index (χ1n) is 8.37. The Kier molecular flexibility index (Phi) is 6.55. The highest BCUT2D eigenvalue weighted by Gasteiger charge is 2.20. The summed E-state index contributed by atoms with van der Waals surface area (Å²) < 4.78 is 16.7. The van der Waals surface area contributed by atoms with Crippen molar-refractivity contribution in [3.8, 4) is 11.5 Å². The molecule has 1 heterocycles. The second kappa shape index (κ2) is 9.29. The van der Waals surface area contributed by atoms with Crippen molar-refractivity contribution in [2.45, 2.75) is 6.61 Å². The number of fused-ring (bicyclic) bond motifs is 1. The van der Waals surface area contributed by atoms with Gasteiger partial charge in [-0.3, -0.25) is 4.90 Å². The average Bonchev–Trinajstić information content (AvgIpc) is 2.70. The highest BCUT2D eigenvalue weighted by atomic mass is 79.9. The minimum atomic E-state index is -0.412. The molecule has 0 unspecified atom stereocenters. The average molecular weight is 418 g/mol. The van der Waals surface area contributed by atoms with E-state index in [4.69, 9.17) is 14.2 Å². The summed E-state index contributed by atoms with van der Waals surface area (Å²) >= 11 is 3.35. The van der Waals surface area contributed by atoms with E-state index in [1.54, 1.807) is 11.0 Å². The summed E-state index contributed by atoms with van der Waals surface area (Å²) in [6.45, 7) is 1.66. The van der Waals surface area contributed by atoms with Gasteiger partial charge in [-0.25, -0.2) is 4.79 Å². The van der Waals surface area contributed by atoms with Crippen LogP contribution in [0.5, 0.6) is 11.5 Å². The quantitative estimate of drug-likeness (QED) is 0.510. The summed E-state index contributed by atoms with van der Waals surface area (Å²) in [4.78, 5) is 14.2. The summed E-state index contributed by atoms with van der Waals surface area (Å²) in [5.41, 5.74) is 1.64. The molecular formula is C20H20BrNO4. The van der Waals surface area contributed by atoms with E-state index in [2.05, 4.69) is 15.9 Å². The smallest absolute Gasteiger partial charge is 0.414 e. The molecule has 2 aromatic carbocycles. The lowest BCUT2D eigenvalue weighted by molar-refractivity contribution is 0.147. The van der Waals surface area contributed by atoms with Crippen molar-refractivity contribution in [2.75, 3.05) is 30.0 Å². The number of halogens is 1. The lowest BCUT2D eigenvalue weighted by Gasteiger charge is -2.24. The Morgan fingerprint density at radius 3 is 2.62 bits per heavy atom. The molecule has 3 rings (SSSR count). The van der Waals surface area contributed by atoms with Crippen LogP contribution >= 0.6 is 15.9 Å². The Morgan fingerprint density at radius 1 is 1.08 bits per heavy atom. The van der Waals surface area contributed by atoms with Crippen LogP contribution in [0.1, 0.15) is 5.56 Å². The molecule has 0 aromatic heterocycles. The minimum absolute atomic E-state index is 0.225. The monoisotopic (exact) mass is 417 g/mol. The van der Waals surface area contributed by atoms with Crippen LogP contribution in [0.3, 0.4) is 0 Å². The molecule has 0 spiro atoms. The summed E-state index contributed by atoms with van der Waals surface area (Å²) in [6.07, 6.45) is 3.44. The molecule has 5 nitrogen and oxygen atoms in total. The maximum Gasteiger partial charge on any atom is 0.414 e. The molecule has 0 saturated heterocycles. The number of rotatable bonds is 6. The topological polar surface area (TPSA) is 48.0 Å². The zero-order valence-corrected chi connectivity index (χ0v) is 15.9. The number of alkyl halides is 1. The van der Waals surface area contributed by atoms with Crippen LogP contribution in [0, 0.1) is 0 Å². The minimum Gasteiger partial charge on any atom is -0.486 e. The number of benzene rings is 2. The second-order valence-corrected chi connectivity index (χ2v) is 6.25. The molecule has 1 amide bonds. The maximum absolute atomic E-state index is 12.7. The molecule has 136 valence electrons. The van der Waals surface area contributed by atoms with Crippen molar-refractivity contribution < 1.29 is 19.0 Å².